The van der Waals surface area contributed by atoms with Crippen LogP contribution in [0, 0.1) is 11.6 Å². The molecule has 0 atom stereocenters. The summed E-state index contributed by atoms with van der Waals surface area (Å²) in [5.41, 5.74) is 2.49. The molecule has 0 fully saturated rings. The smallest absolute Gasteiger partial charge is 0.169 e. The lowest BCUT2D eigenvalue weighted by molar-refractivity contribution is 0.510. The van der Waals surface area contributed by atoms with Gasteiger partial charge in [-0.05, 0) is 35.9 Å². The van der Waals surface area contributed by atoms with Gasteiger partial charge in [-0.15, -0.1) is 0 Å². The third kappa shape index (κ3) is 3.17. The van der Waals surface area contributed by atoms with Crippen molar-refractivity contribution in [2.45, 2.75) is 6.54 Å². The van der Waals surface area contributed by atoms with Crippen molar-refractivity contribution < 1.29 is 8.78 Å². The van der Waals surface area contributed by atoms with Gasteiger partial charge >= 0.3 is 0 Å². The minimum absolute atomic E-state index is 0.0654. The molecule has 0 aliphatic carbocycles. The van der Waals surface area contributed by atoms with E-state index < -0.39 is 11.6 Å². The highest BCUT2D eigenvalue weighted by molar-refractivity contribution is 9.10. The average Bonchev–Trinajstić information content (AvgIpc) is 3.02. The lowest BCUT2D eigenvalue weighted by Gasteiger charge is -2.08. The number of pyridine rings is 1. The normalized spacial score (nSPS) is 11.2. The summed E-state index contributed by atoms with van der Waals surface area (Å²) in [6.45, 7) is 0.680. The molecular formula is C19H12BrF2N3. The largest absolute Gasteiger partial charge is 0.348 e. The van der Waals surface area contributed by atoms with Gasteiger partial charge in [0.05, 0.1) is 11.3 Å². The monoisotopic (exact) mass is 399 g/mol. The molecule has 0 spiro atoms. The van der Waals surface area contributed by atoms with Crippen LogP contribution >= 0.6 is 15.9 Å². The molecule has 2 heterocycles. The van der Waals surface area contributed by atoms with E-state index in [2.05, 4.69) is 25.9 Å². The van der Waals surface area contributed by atoms with Crippen molar-refractivity contribution in [3.8, 4) is 22.8 Å². The maximum atomic E-state index is 14.0. The number of aromatic nitrogens is 3. The highest BCUT2D eigenvalue weighted by Crippen LogP contribution is 2.27. The molecule has 4 rings (SSSR count). The quantitative estimate of drug-likeness (QED) is 0.477. The maximum absolute atomic E-state index is 14.0. The van der Waals surface area contributed by atoms with Crippen LogP contribution in [0.2, 0.25) is 0 Å². The van der Waals surface area contributed by atoms with E-state index in [-0.39, 0.29) is 11.4 Å². The van der Waals surface area contributed by atoms with Gasteiger partial charge in [-0.2, -0.15) is 0 Å². The van der Waals surface area contributed by atoms with E-state index in [0.29, 0.717) is 17.9 Å². The predicted molar refractivity (Wildman–Crippen MR) is 95.2 cm³/mol. The molecule has 0 amide bonds. The van der Waals surface area contributed by atoms with Crippen LogP contribution in [-0.4, -0.2) is 14.5 Å². The van der Waals surface area contributed by atoms with E-state index >= 15 is 0 Å². The van der Waals surface area contributed by atoms with Crippen LogP contribution in [0.25, 0.3) is 22.8 Å². The summed E-state index contributed by atoms with van der Waals surface area (Å²) in [7, 11) is 0. The summed E-state index contributed by atoms with van der Waals surface area (Å²) < 4.78 is 30.4. The number of benzene rings is 2. The molecule has 0 saturated carbocycles. The molecule has 0 N–H and O–H groups in total. The Balaban J connectivity index is 1.69. The van der Waals surface area contributed by atoms with E-state index in [1.54, 1.807) is 0 Å². The molecule has 0 unspecified atom stereocenters. The van der Waals surface area contributed by atoms with Crippen molar-refractivity contribution in [3.63, 3.8) is 0 Å². The Morgan fingerprint density at radius 2 is 1.68 bits per heavy atom. The maximum Gasteiger partial charge on any atom is 0.169 e. The van der Waals surface area contributed by atoms with Gasteiger partial charge in [-0.25, -0.2) is 18.7 Å². The first-order valence-corrected chi connectivity index (χ1v) is 8.42. The minimum atomic E-state index is -0.930. The first kappa shape index (κ1) is 15.9. The SMILES string of the molecule is Fc1cccc(-c2nc3ccn(Cc4ccc(Br)cc4)cc-3n2)c1F. The molecule has 2 aliphatic rings. The Labute approximate surface area is 151 Å². The van der Waals surface area contributed by atoms with Crippen LogP contribution in [0.15, 0.2) is 65.4 Å². The van der Waals surface area contributed by atoms with E-state index in [1.807, 2.05) is 47.3 Å². The second-order valence-corrected chi connectivity index (χ2v) is 6.58. The zero-order chi connectivity index (χ0) is 17.4. The van der Waals surface area contributed by atoms with Crippen LogP contribution in [0.1, 0.15) is 5.56 Å². The molecule has 2 aromatic rings. The average molecular weight is 400 g/mol. The van der Waals surface area contributed by atoms with Crippen molar-refractivity contribution in [2.24, 2.45) is 0 Å². The molecular weight excluding hydrogens is 388 g/mol. The summed E-state index contributed by atoms with van der Waals surface area (Å²) in [5.74, 6) is -1.65. The lowest BCUT2D eigenvalue weighted by Crippen LogP contribution is -2.00. The predicted octanol–water partition coefficient (Wildman–Crippen LogP) is 5.14. The summed E-state index contributed by atoms with van der Waals surface area (Å²) in [6.07, 6.45) is 3.75. The Kier molecular flexibility index (Phi) is 4.05. The van der Waals surface area contributed by atoms with Gasteiger partial charge in [-0.3, -0.25) is 0 Å². The van der Waals surface area contributed by atoms with Gasteiger partial charge in [0.1, 0.15) is 5.69 Å². The van der Waals surface area contributed by atoms with Gasteiger partial charge in [0.25, 0.3) is 0 Å². The summed E-state index contributed by atoms with van der Waals surface area (Å²) in [5, 5.41) is 0. The highest BCUT2D eigenvalue weighted by atomic mass is 79.9. The number of hydrogen-bond acceptors (Lipinski definition) is 2. The van der Waals surface area contributed by atoms with Crippen molar-refractivity contribution in [2.75, 3.05) is 0 Å². The zero-order valence-corrected chi connectivity index (χ0v) is 14.5. The van der Waals surface area contributed by atoms with Crippen LogP contribution < -0.4 is 0 Å². The molecule has 2 aromatic carbocycles. The van der Waals surface area contributed by atoms with E-state index in [0.717, 1.165) is 16.1 Å². The summed E-state index contributed by atoms with van der Waals surface area (Å²) in [4.78, 5) is 8.66. The molecule has 0 radical (unpaired) electrons. The van der Waals surface area contributed by atoms with Crippen molar-refractivity contribution in [3.05, 3.63) is 82.6 Å². The fraction of sp³-hybridized carbons (Fsp3) is 0.0526. The van der Waals surface area contributed by atoms with Crippen LogP contribution in [-0.2, 0) is 6.54 Å². The topological polar surface area (TPSA) is 30.7 Å². The van der Waals surface area contributed by atoms with Gasteiger partial charge in [0.15, 0.2) is 17.5 Å². The first-order chi connectivity index (χ1) is 12.1. The Hall–Kier alpha value is -2.60. The van der Waals surface area contributed by atoms with Crippen LogP contribution in [0.5, 0.6) is 0 Å². The number of halogens is 3. The Morgan fingerprint density at radius 1 is 0.920 bits per heavy atom. The lowest BCUT2D eigenvalue weighted by atomic mass is 10.2. The van der Waals surface area contributed by atoms with Gasteiger partial charge in [-0.1, -0.05) is 34.1 Å². The molecule has 6 heteroatoms. The molecule has 25 heavy (non-hydrogen) atoms. The van der Waals surface area contributed by atoms with Gasteiger partial charge < -0.3 is 4.57 Å². The van der Waals surface area contributed by atoms with E-state index in [9.17, 15) is 8.78 Å². The Morgan fingerprint density at radius 3 is 2.48 bits per heavy atom. The number of fused-ring (bicyclic) bond motifs is 1. The molecule has 0 aromatic heterocycles. The summed E-state index contributed by atoms with van der Waals surface area (Å²) >= 11 is 3.42. The number of rotatable bonds is 3. The molecule has 0 saturated heterocycles. The summed E-state index contributed by atoms with van der Waals surface area (Å²) in [6, 6.07) is 13.9. The second-order valence-electron chi connectivity index (χ2n) is 5.66. The van der Waals surface area contributed by atoms with E-state index in [4.69, 9.17) is 0 Å². The third-order valence-electron chi connectivity index (χ3n) is 3.90. The van der Waals surface area contributed by atoms with Gasteiger partial charge in [0, 0.05) is 23.4 Å². The van der Waals surface area contributed by atoms with Crippen molar-refractivity contribution in [1.82, 2.24) is 14.5 Å². The highest BCUT2D eigenvalue weighted by Gasteiger charge is 2.17. The van der Waals surface area contributed by atoms with Gasteiger partial charge in [0.2, 0.25) is 0 Å². The fourth-order valence-electron chi connectivity index (χ4n) is 2.65. The van der Waals surface area contributed by atoms with Crippen LogP contribution in [0.4, 0.5) is 8.78 Å². The zero-order valence-electron chi connectivity index (χ0n) is 13.0. The fourth-order valence-corrected chi connectivity index (χ4v) is 2.91. The second kappa shape index (κ2) is 6.37. The number of hydrogen-bond donors (Lipinski definition) is 0. The van der Waals surface area contributed by atoms with Crippen molar-refractivity contribution in [1.29, 1.82) is 0 Å². The third-order valence-corrected chi connectivity index (χ3v) is 4.43. The van der Waals surface area contributed by atoms with E-state index in [1.165, 1.54) is 12.1 Å². The van der Waals surface area contributed by atoms with Crippen LogP contribution in [0.3, 0.4) is 0 Å². The van der Waals surface area contributed by atoms with Crippen molar-refractivity contribution >= 4 is 15.9 Å². The minimum Gasteiger partial charge on any atom is -0.348 e. The Bertz CT molecular complexity index is 1010. The molecule has 0 bridgehead atoms. The number of nitrogens with zero attached hydrogens (tertiary/aromatic N) is 3. The molecule has 124 valence electrons. The molecule has 3 nitrogen and oxygen atoms in total. The molecule has 2 aliphatic heterocycles. The number of imidazole rings is 1. The standard InChI is InChI=1S/C19H12BrF2N3/c20-13-6-4-12(5-7-13)10-25-9-8-16-17(11-25)24-19(23-16)14-2-1-3-15(21)18(14)22/h1-9,11H,10H2. The first-order valence-electron chi connectivity index (χ1n) is 7.62.